The van der Waals surface area contributed by atoms with Crippen LogP contribution in [0.15, 0.2) is 72.8 Å². The number of aromatic nitrogens is 2. The minimum atomic E-state index is -0.227. The van der Waals surface area contributed by atoms with Crippen molar-refractivity contribution in [2.75, 3.05) is 10.6 Å². The molecule has 0 saturated carbocycles. The average molecular weight is 412 g/mol. The van der Waals surface area contributed by atoms with Gasteiger partial charge in [-0.3, -0.25) is 14.7 Å². The highest BCUT2D eigenvalue weighted by Crippen LogP contribution is 2.25. The number of aromatic amines is 1. The summed E-state index contributed by atoms with van der Waals surface area (Å²) in [5.74, 6) is 0.0304. The fourth-order valence-electron chi connectivity index (χ4n) is 3.29. The molecule has 0 bridgehead atoms. The van der Waals surface area contributed by atoms with Crippen LogP contribution in [0.5, 0.6) is 0 Å². The highest BCUT2D eigenvalue weighted by Gasteiger charge is 2.16. The summed E-state index contributed by atoms with van der Waals surface area (Å²) < 4.78 is 0. The van der Waals surface area contributed by atoms with E-state index < -0.39 is 0 Å². The summed E-state index contributed by atoms with van der Waals surface area (Å²) in [5.41, 5.74) is 3.69. The summed E-state index contributed by atoms with van der Waals surface area (Å²) in [5, 5.41) is 13.6. The van der Waals surface area contributed by atoms with Crippen LogP contribution in [-0.4, -0.2) is 22.0 Å². The molecule has 0 unspecified atom stereocenters. The van der Waals surface area contributed by atoms with Crippen molar-refractivity contribution in [3.8, 4) is 0 Å². The first-order valence-electron chi connectivity index (χ1n) is 10.1. The van der Waals surface area contributed by atoms with Crippen LogP contribution in [0.1, 0.15) is 47.1 Å². The Morgan fingerprint density at radius 2 is 1.45 bits per heavy atom. The van der Waals surface area contributed by atoms with Gasteiger partial charge in [-0.2, -0.15) is 5.10 Å². The SMILES string of the molecule is CC(C)(C)c1ccc(C(=O)Nc2n[nH]c3cc(NC(=O)c4ccccc4)ccc23)cc1. The molecule has 156 valence electrons. The summed E-state index contributed by atoms with van der Waals surface area (Å²) in [6, 6.07) is 22.0. The number of rotatable bonds is 4. The molecular weight excluding hydrogens is 388 g/mol. The van der Waals surface area contributed by atoms with Gasteiger partial charge < -0.3 is 10.6 Å². The molecule has 0 radical (unpaired) electrons. The molecule has 6 nitrogen and oxygen atoms in total. The van der Waals surface area contributed by atoms with Gasteiger partial charge in [-0.15, -0.1) is 0 Å². The van der Waals surface area contributed by atoms with Crippen molar-refractivity contribution in [2.24, 2.45) is 0 Å². The first-order chi connectivity index (χ1) is 14.8. The zero-order chi connectivity index (χ0) is 22.0. The molecule has 0 spiro atoms. The number of nitrogens with one attached hydrogen (secondary N) is 3. The molecule has 0 aliphatic heterocycles. The lowest BCUT2D eigenvalue weighted by atomic mass is 9.87. The van der Waals surface area contributed by atoms with Crippen LogP contribution in [0.2, 0.25) is 0 Å². The third-order valence-electron chi connectivity index (χ3n) is 5.10. The Kier molecular flexibility index (Phi) is 5.29. The quantitative estimate of drug-likeness (QED) is 0.421. The Morgan fingerprint density at radius 1 is 0.806 bits per heavy atom. The summed E-state index contributed by atoms with van der Waals surface area (Å²) in [4.78, 5) is 25.0. The van der Waals surface area contributed by atoms with E-state index in [0.29, 0.717) is 28.1 Å². The number of hydrogen-bond acceptors (Lipinski definition) is 3. The van der Waals surface area contributed by atoms with Gasteiger partial charge in [0.25, 0.3) is 11.8 Å². The topological polar surface area (TPSA) is 86.9 Å². The summed E-state index contributed by atoms with van der Waals surface area (Å²) >= 11 is 0. The summed E-state index contributed by atoms with van der Waals surface area (Å²) in [6.45, 7) is 6.40. The van der Waals surface area contributed by atoms with Crippen LogP contribution >= 0.6 is 0 Å². The van der Waals surface area contributed by atoms with Gasteiger partial charge in [0.2, 0.25) is 0 Å². The number of hydrogen-bond donors (Lipinski definition) is 3. The Bertz CT molecular complexity index is 1240. The van der Waals surface area contributed by atoms with Crippen LogP contribution in [0.3, 0.4) is 0 Å². The predicted octanol–water partition coefficient (Wildman–Crippen LogP) is 5.37. The number of H-pyrrole nitrogens is 1. The molecule has 0 atom stereocenters. The van der Waals surface area contributed by atoms with Crippen molar-refractivity contribution in [3.05, 3.63) is 89.5 Å². The Hall–Kier alpha value is -3.93. The molecule has 4 aromatic rings. The maximum atomic E-state index is 12.7. The van der Waals surface area contributed by atoms with E-state index in [2.05, 4.69) is 41.6 Å². The number of benzene rings is 3. The molecule has 1 heterocycles. The van der Waals surface area contributed by atoms with E-state index in [1.807, 2.05) is 48.5 Å². The Balaban J connectivity index is 1.49. The maximum Gasteiger partial charge on any atom is 0.256 e. The largest absolute Gasteiger partial charge is 0.322 e. The van der Waals surface area contributed by atoms with Gasteiger partial charge >= 0.3 is 0 Å². The van der Waals surface area contributed by atoms with Crippen molar-refractivity contribution in [3.63, 3.8) is 0 Å². The van der Waals surface area contributed by atoms with Crippen molar-refractivity contribution in [2.45, 2.75) is 26.2 Å². The fourth-order valence-corrected chi connectivity index (χ4v) is 3.29. The molecule has 0 aliphatic rings. The monoisotopic (exact) mass is 412 g/mol. The molecule has 3 aromatic carbocycles. The molecule has 1 aromatic heterocycles. The molecule has 4 rings (SSSR count). The van der Waals surface area contributed by atoms with Crippen LogP contribution in [0, 0.1) is 0 Å². The smallest absolute Gasteiger partial charge is 0.256 e. The van der Waals surface area contributed by atoms with Crippen LogP contribution in [0.25, 0.3) is 10.9 Å². The van der Waals surface area contributed by atoms with Gasteiger partial charge in [-0.25, -0.2) is 0 Å². The Morgan fingerprint density at radius 3 is 2.13 bits per heavy atom. The van der Waals surface area contributed by atoms with Crippen LogP contribution < -0.4 is 10.6 Å². The highest BCUT2D eigenvalue weighted by atomic mass is 16.2. The zero-order valence-electron chi connectivity index (χ0n) is 17.7. The summed E-state index contributed by atoms with van der Waals surface area (Å²) in [6.07, 6.45) is 0. The number of fused-ring (bicyclic) bond motifs is 1. The van der Waals surface area contributed by atoms with Crippen molar-refractivity contribution in [1.82, 2.24) is 10.2 Å². The number of nitrogens with zero attached hydrogens (tertiary/aromatic N) is 1. The normalized spacial score (nSPS) is 11.3. The van der Waals surface area contributed by atoms with Gasteiger partial charge in [0.05, 0.1) is 5.52 Å². The molecular formula is C25H24N4O2. The standard InChI is InChI=1S/C25H24N4O2/c1-25(2,3)18-11-9-17(10-12-18)24(31)27-22-20-14-13-19(15-21(20)28-29-22)26-23(30)16-7-5-4-6-8-16/h4-15H,1-3H3,(H,26,30)(H2,27,28,29,31). The van der Waals surface area contributed by atoms with Gasteiger partial charge in [0.1, 0.15) is 0 Å². The van der Waals surface area contributed by atoms with Crippen molar-refractivity contribution in [1.29, 1.82) is 0 Å². The van der Waals surface area contributed by atoms with Gasteiger partial charge in [0, 0.05) is 22.2 Å². The lowest BCUT2D eigenvalue weighted by molar-refractivity contribution is 0.101. The lowest BCUT2D eigenvalue weighted by Gasteiger charge is -2.18. The molecule has 31 heavy (non-hydrogen) atoms. The van der Waals surface area contributed by atoms with E-state index in [-0.39, 0.29) is 17.2 Å². The third kappa shape index (κ3) is 4.48. The van der Waals surface area contributed by atoms with Gasteiger partial charge in [-0.05, 0) is 53.4 Å². The van der Waals surface area contributed by atoms with E-state index in [1.54, 1.807) is 24.3 Å². The molecule has 2 amide bonds. The van der Waals surface area contributed by atoms with E-state index in [9.17, 15) is 9.59 Å². The molecule has 0 aliphatic carbocycles. The van der Waals surface area contributed by atoms with Gasteiger partial charge in [-0.1, -0.05) is 51.1 Å². The number of carbonyl (C=O) groups excluding carboxylic acids is 2. The van der Waals surface area contributed by atoms with Gasteiger partial charge in [0.15, 0.2) is 5.82 Å². The van der Waals surface area contributed by atoms with Crippen LogP contribution in [0.4, 0.5) is 11.5 Å². The lowest BCUT2D eigenvalue weighted by Crippen LogP contribution is -2.14. The van der Waals surface area contributed by atoms with E-state index >= 15 is 0 Å². The second-order valence-electron chi connectivity index (χ2n) is 8.43. The van der Waals surface area contributed by atoms with Crippen molar-refractivity contribution < 1.29 is 9.59 Å². The maximum absolute atomic E-state index is 12.7. The minimum Gasteiger partial charge on any atom is -0.322 e. The second-order valence-corrected chi connectivity index (χ2v) is 8.43. The number of amides is 2. The minimum absolute atomic E-state index is 0.0288. The Labute approximate surface area is 180 Å². The third-order valence-corrected chi connectivity index (χ3v) is 5.10. The molecule has 3 N–H and O–H groups in total. The van der Waals surface area contributed by atoms with Crippen molar-refractivity contribution >= 4 is 34.2 Å². The first-order valence-corrected chi connectivity index (χ1v) is 10.1. The highest BCUT2D eigenvalue weighted by molar-refractivity contribution is 6.09. The predicted molar refractivity (Wildman–Crippen MR) is 124 cm³/mol. The van der Waals surface area contributed by atoms with E-state index in [4.69, 9.17) is 0 Å². The average Bonchev–Trinajstić information content (AvgIpc) is 3.15. The zero-order valence-corrected chi connectivity index (χ0v) is 17.7. The second kappa shape index (κ2) is 8.07. The first kappa shape index (κ1) is 20.3. The molecule has 0 fully saturated rings. The molecule has 6 heteroatoms. The van der Waals surface area contributed by atoms with Crippen LogP contribution in [-0.2, 0) is 5.41 Å². The van der Waals surface area contributed by atoms with E-state index in [1.165, 1.54) is 5.56 Å². The number of anilines is 2. The fraction of sp³-hybridized carbons (Fsp3) is 0.160. The summed E-state index contributed by atoms with van der Waals surface area (Å²) in [7, 11) is 0. The molecule has 0 saturated heterocycles. The van der Waals surface area contributed by atoms with E-state index in [0.717, 1.165) is 5.39 Å². The number of carbonyl (C=O) groups is 2.